The van der Waals surface area contributed by atoms with E-state index in [1.54, 1.807) is 13.8 Å². The average molecular weight is 215 g/mol. The van der Waals surface area contributed by atoms with Crippen LogP contribution in [0.25, 0.3) is 0 Å². The molecule has 1 nitrogen and oxygen atoms in total. The molecule has 0 aromatic heterocycles. The molecule has 0 saturated heterocycles. The van der Waals surface area contributed by atoms with Crippen LogP contribution in [-0.2, 0) is 0 Å². The molecule has 0 radical (unpaired) electrons. The highest BCUT2D eigenvalue weighted by Crippen LogP contribution is 2.31. The standard InChI is InChI=1S/C9H17F4N/c1-6(2)14-8(3,4)5-9(12,13)7(10)11/h6-7,14H,5H2,1-4H3. The van der Waals surface area contributed by atoms with Crippen molar-refractivity contribution in [1.29, 1.82) is 0 Å². The van der Waals surface area contributed by atoms with Gasteiger partial charge >= 0.3 is 12.3 Å². The third-order valence-corrected chi connectivity index (χ3v) is 1.68. The molecule has 0 aliphatic carbocycles. The Kier molecular flexibility index (Phi) is 4.36. The molecule has 0 spiro atoms. The summed E-state index contributed by atoms with van der Waals surface area (Å²) in [7, 11) is 0. The van der Waals surface area contributed by atoms with Gasteiger partial charge in [-0.1, -0.05) is 13.8 Å². The molecule has 0 aliphatic heterocycles. The second-order valence-electron chi connectivity index (χ2n) is 4.42. The van der Waals surface area contributed by atoms with Crippen LogP contribution in [0.2, 0.25) is 0 Å². The van der Waals surface area contributed by atoms with E-state index >= 15 is 0 Å². The molecule has 0 heterocycles. The van der Waals surface area contributed by atoms with E-state index in [1.807, 2.05) is 0 Å². The van der Waals surface area contributed by atoms with Crippen molar-refractivity contribution in [3.05, 3.63) is 0 Å². The Hall–Kier alpha value is -0.320. The molecule has 0 aromatic rings. The maximum Gasteiger partial charge on any atom is 0.309 e. The second-order valence-corrected chi connectivity index (χ2v) is 4.42. The van der Waals surface area contributed by atoms with Crippen molar-refractivity contribution >= 4 is 0 Å². The number of hydrogen-bond acceptors (Lipinski definition) is 1. The summed E-state index contributed by atoms with van der Waals surface area (Å²) in [6, 6.07) is -0.0153. The van der Waals surface area contributed by atoms with Crippen molar-refractivity contribution in [3.63, 3.8) is 0 Å². The number of alkyl halides is 4. The summed E-state index contributed by atoms with van der Waals surface area (Å²) < 4.78 is 49.2. The van der Waals surface area contributed by atoms with E-state index in [-0.39, 0.29) is 6.04 Å². The van der Waals surface area contributed by atoms with Crippen LogP contribution in [0.3, 0.4) is 0 Å². The first kappa shape index (κ1) is 13.7. The molecule has 0 unspecified atom stereocenters. The molecule has 0 aliphatic rings. The lowest BCUT2D eigenvalue weighted by Gasteiger charge is -2.32. The first-order valence-corrected chi connectivity index (χ1v) is 4.50. The number of hydrogen-bond donors (Lipinski definition) is 1. The highest BCUT2D eigenvalue weighted by Gasteiger charge is 2.45. The van der Waals surface area contributed by atoms with Gasteiger partial charge in [0.25, 0.3) is 0 Å². The predicted octanol–water partition coefficient (Wildman–Crippen LogP) is 3.05. The zero-order valence-electron chi connectivity index (χ0n) is 8.87. The maximum atomic E-state index is 12.7. The third-order valence-electron chi connectivity index (χ3n) is 1.68. The fraction of sp³-hybridized carbons (Fsp3) is 1.00. The second kappa shape index (κ2) is 4.47. The minimum absolute atomic E-state index is 0.0153. The lowest BCUT2D eigenvalue weighted by Crippen LogP contribution is -2.48. The number of nitrogens with one attached hydrogen (secondary N) is 1. The number of halogens is 4. The van der Waals surface area contributed by atoms with Gasteiger partial charge in [0.05, 0.1) is 0 Å². The van der Waals surface area contributed by atoms with E-state index in [4.69, 9.17) is 0 Å². The van der Waals surface area contributed by atoms with Crippen molar-refractivity contribution in [3.8, 4) is 0 Å². The van der Waals surface area contributed by atoms with Crippen molar-refractivity contribution < 1.29 is 17.6 Å². The topological polar surface area (TPSA) is 12.0 Å². The zero-order valence-corrected chi connectivity index (χ0v) is 8.87. The van der Waals surface area contributed by atoms with Crippen LogP contribution in [0.15, 0.2) is 0 Å². The molecule has 1 N–H and O–H groups in total. The zero-order chi connectivity index (χ0) is 11.6. The van der Waals surface area contributed by atoms with E-state index in [1.165, 1.54) is 13.8 Å². The van der Waals surface area contributed by atoms with E-state index in [9.17, 15) is 17.6 Å². The first-order valence-electron chi connectivity index (χ1n) is 4.50. The lowest BCUT2D eigenvalue weighted by molar-refractivity contribution is -0.143. The van der Waals surface area contributed by atoms with Gasteiger partial charge < -0.3 is 5.32 Å². The van der Waals surface area contributed by atoms with Crippen molar-refractivity contribution in [2.75, 3.05) is 0 Å². The van der Waals surface area contributed by atoms with Crippen LogP contribution in [0, 0.1) is 0 Å². The molecule has 0 fully saturated rings. The molecule has 5 heteroatoms. The maximum absolute atomic E-state index is 12.7. The fourth-order valence-corrected chi connectivity index (χ4v) is 1.50. The van der Waals surface area contributed by atoms with E-state index in [2.05, 4.69) is 5.32 Å². The Morgan fingerprint density at radius 2 is 1.57 bits per heavy atom. The van der Waals surface area contributed by atoms with Gasteiger partial charge in [0.1, 0.15) is 0 Å². The first-order chi connectivity index (χ1) is 6.07. The van der Waals surface area contributed by atoms with Gasteiger partial charge in [-0.3, -0.25) is 0 Å². The van der Waals surface area contributed by atoms with Crippen LogP contribution < -0.4 is 5.32 Å². The molecular weight excluding hydrogens is 198 g/mol. The minimum atomic E-state index is -3.93. The predicted molar refractivity (Wildman–Crippen MR) is 47.9 cm³/mol. The Morgan fingerprint density at radius 3 is 1.86 bits per heavy atom. The molecular formula is C9H17F4N. The van der Waals surface area contributed by atoms with Crippen LogP contribution in [-0.4, -0.2) is 23.9 Å². The molecule has 14 heavy (non-hydrogen) atoms. The van der Waals surface area contributed by atoms with Gasteiger partial charge in [0.2, 0.25) is 0 Å². The highest BCUT2D eigenvalue weighted by molar-refractivity contribution is 4.87. The fourth-order valence-electron chi connectivity index (χ4n) is 1.50. The van der Waals surface area contributed by atoms with E-state index < -0.39 is 24.3 Å². The summed E-state index contributed by atoms with van der Waals surface area (Å²) in [6.45, 7) is 6.54. The van der Waals surface area contributed by atoms with Crippen LogP contribution >= 0.6 is 0 Å². The van der Waals surface area contributed by atoms with Crippen LogP contribution in [0.5, 0.6) is 0 Å². The molecule has 0 bridgehead atoms. The largest absolute Gasteiger partial charge is 0.309 e. The molecule has 86 valence electrons. The molecule has 0 aromatic carbocycles. The molecule has 0 atom stereocenters. The summed E-state index contributed by atoms with van der Waals surface area (Å²) in [5, 5.41) is 2.82. The van der Waals surface area contributed by atoms with Gasteiger partial charge in [0, 0.05) is 18.0 Å². The monoisotopic (exact) mass is 215 g/mol. The smallest absolute Gasteiger partial charge is 0.309 e. The Bertz CT molecular complexity index is 178. The normalized spacial score (nSPS) is 14.1. The third kappa shape index (κ3) is 4.79. The van der Waals surface area contributed by atoms with E-state index in [0.717, 1.165) is 0 Å². The lowest BCUT2D eigenvalue weighted by atomic mass is 9.95. The van der Waals surface area contributed by atoms with Gasteiger partial charge in [-0.15, -0.1) is 0 Å². The summed E-state index contributed by atoms with van der Waals surface area (Å²) in [5.74, 6) is -3.93. The summed E-state index contributed by atoms with van der Waals surface area (Å²) in [6.07, 6.45) is -4.47. The highest BCUT2D eigenvalue weighted by atomic mass is 19.3. The molecule has 0 saturated carbocycles. The minimum Gasteiger partial charge on any atom is -0.309 e. The SMILES string of the molecule is CC(C)NC(C)(C)CC(F)(F)C(F)F. The number of rotatable bonds is 5. The van der Waals surface area contributed by atoms with Crippen molar-refractivity contribution in [2.24, 2.45) is 0 Å². The van der Waals surface area contributed by atoms with Gasteiger partial charge in [-0.05, 0) is 13.8 Å². The molecule has 0 rings (SSSR count). The Labute approximate surface area is 81.9 Å². The summed E-state index contributed by atoms with van der Waals surface area (Å²) in [4.78, 5) is 0. The van der Waals surface area contributed by atoms with Gasteiger partial charge in [0.15, 0.2) is 0 Å². The van der Waals surface area contributed by atoms with Gasteiger partial charge in [-0.25, -0.2) is 17.6 Å². The summed E-state index contributed by atoms with van der Waals surface area (Å²) in [5.41, 5.74) is -0.992. The van der Waals surface area contributed by atoms with Crippen LogP contribution in [0.1, 0.15) is 34.1 Å². The van der Waals surface area contributed by atoms with E-state index in [0.29, 0.717) is 0 Å². The van der Waals surface area contributed by atoms with Gasteiger partial charge in [-0.2, -0.15) is 0 Å². The van der Waals surface area contributed by atoms with Crippen molar-refractivity contribution in [1.82, 2.24) is 5.32 Å². The quantitative estimate of drug-likeness (QED) is 0.695. The Morgan fingerprint density at radius 1 is 1.14 bits per heavy atom. The molecule has 0 amide bonds. The Balaban J connectivity index is 4.34. The van der Waals surface area contributed by atoms with Crippen LogP contribution in [0.4, 0.5) is 17.6 Å². The summed E-state index contributed by atoms with van der Waals surface area (Å²) >= 11 is 0. The van der Waals surface area contributed by atoms with Crippen molar-refractivity contribution in [2.45, 2.75) is 58.0 Å². The average Bonchev–Trinajstić information content (AvgIpc) is 1.79.